The molecule has 1 aromatic heterocycles. The van der Waals surface area contributed by atoms with Gasteiger partial charge in [0, 0.05) is 19.8 Å². The summed E-state index contributed by atoms with van der Waals surface area (Å²) in [5.74, 6) is -0.938. The first-order chi connectivity index (χ1) is 15.8. The van der Waals surface area contributed by atoms with E-state index in [1.165, 1.54) is 28.0 Å². The number of aromatic nitrogens is 1. The van der Waals surface area contributed by atoms with Crippen LogP contribution in [0.2, 0.25) is 0 Å². The van der Waals surface area contributed by atoms with Gasteiger partial charge in [0.2, 0.25) is 0 Å². The Morgan fingerprint density at radius 3 is 2.45 bits per heavy atom. The zero-order chi connectivity index (χ0) is 23.7. The number of anilines is 1. The van der Waals surface area contributed by atoms with Crippen LogP contribution < -0.4 is 19.8 Å². The Balaban J connectivity index is 1.90. The molecule has 0 spiro atoms. The van der Waals surface area contributed by atoms with Crippen molar-refractivity contribution >= 4 is 29.1 Å². The smallest absolute Gasteiger partial charge is 0.338 e. The van der Waals surface area contributed by atoms with Crippen LogP contribution in [0.3, 0.4) is 0 Å². The molecule has 0 aliphatic carbocycles. The second-order valence-electron chi connectivity index (χ2n) is 7.84. The number of carbonyl (C=O) groups is 1. The number of hydrogen-bond donors (Lipinski definition) is 0. The molecule has 0 amide bonds. The highest BCUT2D eigenvalue weighted by molar-refractivity contribution is 7.07. The summed E-state index contributed by atoms with van der Waals surface area (Å²) >= 11 is 1.26. The summed E-state index contributed by atoms with van der Waals surface area (Å²) in [6, 6.07) is 12.9. The summed E-state index contributed by atoms with van der Waals surface area (Å²) in [6.07, 6.45) is 1.81. The molecule has 2 aromatic carbocycles. The summed E-state index contributed by atoms with van der Waals surface area (Å²) in [4.78, 5) is 33.4. The standard InChI is InChI=1S/C25H24FN3O3S/c1-5-32-24(31)21-15(2)27-25-29(22(21)17-8-10-18(26)11-9-17)23(30)20(33-25)14-16-6-12-19(13-7-16)28(3)4/h6-14,22H,5H2,1-4H3/b20-14+/t22-/m0/s1. The number of rotatable bonds is 5. The molecule has 0 bridgehead atoms. The SMILES string of the molecule is CCOC(=O)C1=C(C)N=c2s/c(=C/c3ccc(N(C)C)cc3)c(=O)n2[C@H]1c1ccc(F)cc1. The van der Waals surface area contributed by atoms with Crippen molar-refractivity contribution in [2.75, 3.05) is 25.6 Å². The van der Waals surface area contributed by atoms with Gasteiger partial charge in [0.25, 0.3) is 5.56 Å². The molecule has 0 N–H and O–H groups in total. The Bertz CT molecular complexity index is 1400. The number of ether oxygens (including phenoxy) is 1. The summed E-state index contributed by atoms with van der Waals surface area (Å²) in [6.45, 7) is 3.64. The van der Waals surface area contributed by atoms with E-state index in [-0.39, 0.29) is 17.7 Å². The van der Waals surface area contributed by atoms with Crippen molar-refractivity contribution < 1.29 is 13.9 Å². The van der Waals surface area contributed by atoms with Gasteiger partial charge >= 0.3 is 5.97 Å². The van der Waals surface area contributed by atoms with Crippen molar-refractivity contribution in [3.63, 3.8) is 0 Å². The van der Waals surface area contributed by atoms with Crippen LogP contribution in [0.25, 0.3) is 6.08 Å². The maximum absolute atomic E-state index is 13.6. The number of esters is 1. The summed E-state index contributed by atoms with van der Waals surface area (Å²) < 4.78 is 20.9. The molecule has 4 rings (SSSR count). The van der Waals surface area contributed by atoms with E-state index in [9.17, 15) is 14.0 Å². The third-order valence-corrected chi connectivity index (χ3v) is 6.39. The first-order valence-electron chi connectivity index (χ1n) is 10.5. The monoisotopic (exact) mass is 465 g/mol. The van der Waals surface area contributed by atoms with E-state index in [1.54, 1.807) is 26.0 Å². The maximum atomic E-state index is 13.6. The van der Waals surface area contributed by atoms with Crippen molar-refractivity contribution in [2.24, 2.45) is 4.99 Å². The van der Waals surface area contributed by atoms with Crippen LogP contribution in [-0.2, 0) is 9.53 Å². The highest BCUT2D eigenvalue weighted by atomic mass is 32.1. The fourth-order valence-corrected chi connectivity index (χ4v) is 4.82. The van der Waals surface area contributed by atoms with Gasteiger partial charge in [-0.25, -0.2) is 14.2 Å². The zero-order valence-corrected chi connectivity index (χ0v) is 19.6. The molecule has 1 aliphatic heterocycles. The van der Waals surface area contributed by atoms with Gasteiger partial charge in [0.15, 0.2) is 4.80 Å². The topological polar surface area (TPSA) is 63.9 Å². The number of fused-ring (bicyclic) bond motifs is 1. The molecule has 1 aliphatic rings. The van der Waals surface area contributed by atoms with Gasteiger partial charge in [-0.1, -0.05) is 35.6 Å². The van der Waals surface area contributed by atoms with Gasteiger partial charge in [-0.15, -0.1) is 0 Å². The molecule has 0 radical (unpaired) electrons. The normalized spacial score (nSPS) is 15.8. The molecular formula is C25H24FN3O3S. The second kappa shape index (κ2) is 9.15. The van der Waals surface area contributed by atoms with E-state index in [0.717, 1.165) is 11.3 Å². The minimum atomic E-state index is -0.751. The average molecular weight is 466 g/mol. The molecule has 0 unspecified atom stereocenters. The quantitative estimate of drug-likeness (QED) is 0.544. The van der Waals surface area contributed by atoms with Crippen LogP contribution in [0.15, 0.2) is 69.6 Å². The number of carbonyl (C=O) groups excluding carboxylic acids is 1. The Hall–Kier alpha value is -3.52. The molecule has 3 aromatic rings. The Morgan fingerprint density at radius 2 is 1.85 bits per heavy atom. The summed E-state index contributed by atoms with van der Waals surface area (Å²) in [5.41, 5.74) is 3.03. The minimum absolute atomic E-state index is 0.194. The van der Waals surface area contributed by atoms with Crippen molar-refractivity contribution in [2.45, 2.75) is 19.9 Å². The van der Waals surface area contributed by atoms with Crippen LogP contribution >= 0.6 is 11.3 Å². The second-order valence-corrected chi connectivity index (χ2v) is 8.85. The van der Waals surface area contributed by atoms with Crippen molar-refractivity contribution in [3.05, 3.63) is 96.4 Å². The van der Waals surface area contributed by atoms with E-state index in [0.29, 0.717) is 20.6 Å². The predicted octanol–water partition coefficient (Wildman–Crippen LogP) is 3.00. The number of thiazole rings is 1. The van der Waals surface area contributed by atoms with Gasteiger partial charge in [-0.3, -0.25) is 9.36 Å². The predicted molar refractivity (Wildman–Crippen MR) is 128 cm³/mol. The fourth-order valence-electron chi connectivity index (χ4n) is 3.77. The molecule has 0 fully saturated rings. The number of hydrogen-bond acceptors (Lipinski definition) is 6. The lowest BCUT2D eigenvalue weighted by Crippen LogP contribution is -2.39. The Kier molecular flexibility index (Phi) is 6.29. The lowest BCUT2D eigenvalue weighted by molar-refractivity contribution is -0.139. The van der Waals surface area contributed by atoms with E-state index in [2.05, 4.69) is 4.99 Å². The third-order valence-electron chi connectivity index (χ3n) is 5.41. The van der Waals surface area contributed by atoms with Crippen LogP contribution in [0, 0.1) is 5.82 Å². The number of allylic oxidation sites excluding steroid dienone is 1. The van der Waals surface area contributed by atoms with Gasteiger partial charge in [0.05, 0.1) is 28.5 Å². The van der Waals surface area contributed by atoms with Crippen molar-refractivity contribution in [1.29, 1.82) is 0 Å². The first-order valence-corrected chi connectivity index (χ1v) is 11.3. The maximum Gasteiger partial charge on any atom is 0.338 e. The Labute approximate surface area is 194 Å². The highest BCUT2D eigenvalue weighted by Crippen LogP contribution is 2.30. The summed E-state index contributed by atoms with van der Waals surface area (Å²) in [5, 5.41) is 0. The molecule has 170 valence electrons. The minimum Gasteiger partial charge on any atom is -0.463 e. The van der Waals surface area contributed by atoms with E-state index in [4.69, 9.17) is 4.74 Å². The third kappa shape index (κ3) is 4.39. The largest absolute Gasteiger partial charge is 0.463 e. The van der Waals surface area contributed by atoms with Gasteiger partial charge in [0.1, 0.15) is 5.82 Å². The lowest BCUT2D eigenvalue weighted by Gasteiger charge is -2.24. The van der Waals surface area contributed by atoms with E-state index in [1.807, 2.05) is 49.3 Å². The van der Waals surface area contributed by atoms with Gasteiger partial charge < -0.3 is 9.64 Å². The number of nitrogens with zero attached hydrogens (tertiary/aromatic N) is 3. The number of benzene rings is 2. The molecule has 0 saturated heterocycles. The first kappa shape index (κ1) is 22.7. The van der Waals surface area contributed by atoms with Gasteiger partial charge in [-0.2, -0.15) is 0 Å². The Morgan fingerprint density at radius 1 is 1.18 bits per heavy atom. The van der Waals surface area contributed by atoms with Crippen LogP contribution in [0.1, 0.15) is 31.0 Å². The fraction of sp³-hybridized carbons (Fsp3) is 0.240. The van der Waals surface area contributed by atoms with Crippen LogP contribution in [0.5, 0.6) is 0 Å². The van der Waals surface area contributed by atoms with E-state index >= 15 is 0 Å². The average Bonchev–Trinajstić information content (AvgIpc) is 3.08. The van der Waals surface area contributed by atoms with Crippen molar-refractivity contribution in [3.8, 4) is 0 Å². The lowest BCUT2D eigenvalue weighted by atomic mass is 9.96. The summed E-state index contributed by atoms with van der Waals surface area (Å²) in [7, 11) is 3.93. The molecule has 8 heteroatoms. The van der Waals surface area contributed by atoms with Crippen molar-refractivity contribution in [1.82, 2.24) is 4.57 Å². The van der Waals surface area contributed by atoms with Crippen LogP contribution in [-0.4, -0.2) is 31.2 Å². The van der Waals surface area contributed by atoms with Gasteiger partial charge in [-0.05, 0) is 55.3 Å². The number of halogens is 1. The highest BCUT2D eigenvalue weighted by Gasteiger charge is 2.33. The molecular weight excluding hydrogens is 441 g/mol. The van der Waals surface area contributed by atoms with E-state index < -0.39 is 17.8 Å². The molecule has 2 heterocycles. The molecule has 1 atom stereocenters. The van der Waals surface area contributed by atoms with Crippen LogP contribution in [0.4, 0.5) is 10.1 Å². The zero-order valence-electron chi connectivity index (χ0n) is 18.8. The molecule has 6 nitrogen and oxygen atoms in total. The molecule has 0 saturated carbocycles. The molecule has 33 heavy (non-hydrogen) atoms.